The van der Waals surface area contributed by atoms with Crippen LogP contribution in [0.15, 0.2) is 36.5 Å². The molecule has 2 aromatic rings. The van der Waals surface area contributed by atoms with E-state index in [2.05, 4.69) is 17.1 Å². The van der Waals surface area contributed by atoms with Gasteiger partial charge < -0.3 is 0 Å². The largest absolute Gasteiger partial charge is 0.273 e. The average Bonchev–Trinajstić information content (AvgIpc) is 2.96. The van der Waals surface area contributed by atoms with Gasteiger partial charge in [0.15, 0.2) is 5.13 Å². The molecule has 1 aromatic heterocycles. The molecule has 0 radical (unpaired) electrons. The summed E-state index contributed by atoms with van der Waals surface area (Å²) in [5.41, 5.74) is 1.15. The van der Waals surface area contributed by atoms with Crippen molar-refractivity contribution in [2.45, 2.75) is 24.5 Å². The number of thiazole rings is 1. The summed E-state index contributed by atoms with van der Waals surface area (Å²) in [6, 6.07) is 10.1. The molecule has 1 fully saturated rings. The van der Waals surface area contributed by atoms with Crippen molar-refractivity contribution >= 4 is 34.1 Å². The zero-order chi connectivity index (χ0) is 13.4. The summed E-state index contributed by atoms with van der Waals surface area (Å²) in [4.78, 5) is 19.7. The number of amides is 1. The van der Waals surface area contributed by atoms with Crippen molar-refractivity contribution in [2.24, 2.45) is 0 Å². The van der Waals surface area contributed by atoms with Gasteiger partial charge in [0.1, 0.15) is 5.37 Å². The second-order valence-corrected chi connectivity index (χ2v) is 7.14. The average molecular weight is 290 g/mol. The van der Waals surface area contributed by atoms with Gasteiger partial charge in [0.2, 0.25) is 5.91 Å². The first-order chi connectivity index (χ1) is 9.16. The first kappa shape index (κ1) is 12.7. The summed E-state index contributed by atoms with van der Waals surface area (Å²) in [6.45, 7) is 3.97. The first-order valence-electron chi connectivity index (χ1n) is 6.13. The third kappa shape index (κ3) is 2.28. The van der Waals surface area contributed by atoms with Crippen LogP contribution in [0.1, 0.15) is 22.7 Å². The highest BCUT2D eigenvalue weighted by Gasteiger charge is 2.40. The molecule has 2 unspecified atom stereocenters. The van der Waals surface area contributed by atoms with Gasteiger partial charge in [0.05, 0.1) is 5.25 Å². The fraction of sp³-hybridized carbons (Fsp3) is 0.286. The Labute approximate surface area is 120 Å². The molecule has 2 heterocycles. The SMILES string of the molecule is Cc1cnc(N2C(=O)C(C)SC2c2ccccc2)s1. The number of carbonyl (C=O) groups is 1. The lowest BCUT2D eigenvalue weighted by Crippen LogP contribution is -2.29. The number of carbonyl (C=O) groups excluding carboxylic acids is 1. The normalized spacial score (nSPS) is 23.1. The summed E-state index contributed by atoms with van der Waals surface area (Å²) in [6.07, 6.45) is 1.82. The predicted molar refractivity (Wildman–Crippen MR) is 80.6 cm³/mol. The number of hydrogen-bond acceptors (Lipinski definition) is 4. The molecule has 3 nitrogen and oxygen atoms in total. The first-order valence-corrected chi connectivity index (χ1v) is 7.88. The van der Waals surface area contributed by atoms with E-state index < -0.39 is 0 Å². The summed E-state index contributed by atoms with van der Waals surface area (Å²) in [5, 5.41) is 0.817. The van der Waals surface area contributed by atoms with E-state index in [4.69, 9.17) is 0 Å². The molecule has 19 heavy (non-hydrogen) atoms. The van der Waals surface area contributed by atoms with Crippen LogP contribution in [0.3, 0.4) is 0 Å². The summed E-state index contributed by atoms with van der Waals surface area (Å²) < 4.78 is 0. The van der Waals surface area contributed by atoms with Gasteiger partial charge >= 0.3 is 0 Å². The summed E-state index contributed by atoms with van der Waals surface area (Å²) >= 11 is 3.25. The summed E-state index contributed by atoms with van der Waals surface area (Å²) in [7, 11) is 0. The third-order valence-corrected chi connectivity index (χ3v) is 5.32. The van der Waals surface area contributed by atoms with Crippen molar-refractivity contribution in [3.05, 3.63) is 47.0 Å². The Hall–Kier alpha value is -1.33. The second-order valence-electron chi connectivity index (χ2n) is 4.50. The predicted octanol–water partition coefficient (Wildman–Crippen LogP) is 3.62. The quantitative estimate of drug-likeness (QED) is 0.847. The Morgan fingerprint density at radius 1 is 1.26 bits per heavy atom. The zero-order valence-corrected chi connectivity index (χ0v) is 12.4. The van der Waals surface area contributed by atoms with Crippen LogP contribution in [0, 0.1) is 6.92 Å². The fourth-order valence-corrected chi connectivity index (χ4v) is 4.23. The smallest absolute Gasteiger partial charge is 0.242 e. The Bertz CT molecular complexity index is 597. The van der Waals surface area contributed by atoms with E-state index in [0.29, 0.717) is 0 Å². The minimum atomic E-state index is -0.0191. The molecule has 1 aliphatic rings. The fourth-order valence-electron chi connectivity index (χ4n) is 2.12. The Balaban J connectivity index is 2.01. The van der Waals surface area contributed by atoms with E-state index in [1.54, 1.807) is 23.1 Å². The van der Waals surface area contributed by atoms with Gasteiger partial charge in [-0.2, -0.15) is 0 Å². The molecule has 3 rings (SSSR count). The maximum absolute atomic E-state index is 12.4. The molecule has 2 atom stereocenters. The Morgan fingerprint density at radius 3 is 2.63 bits per heavy atom. The molecule has 0 spiro atoms. The second kappa shape index (κ2) is 4.98. The molecule has 0 saturated carbocycles. The van der Waals surface area contributed by atoms with Gasteiger partial charge in [-0.15, -0.1) is 23.1 Å². The number of rotatable bonds is 2. The molecule has 98 valence electrons. The number of thioether (sulfide) groups is 1. The van der Waals surface area contributed by atoms with Crippen LogP contribution in [0.5, 0.6) is 0 Å². The molecule has 1 aromatic carbocycles. The highest BCUT2D eigenvalue weighted by Crippen LogP contribution is 2.46. The topological polar surface area (TPSA) is 33.2 Å². The highest BCUT2D eigenvalue weighted by molar-refractivity contribution is 8.01. The number of hydrogen-bond donors (Lipinski definition) is 0. The van der Waals surface area contributed by atoms with Crippen LogP contribution in [0.4, 0.5) is 5.13 Å². The van der Waals surface area contributed by atoms with Crippen molar-refractivity contribution in [1.29, 1.82) is 0 Å². The Morgan fingerprint density at radius 2 is 2.00 bits per heavy atom. The van der Waals surface area contributed by atoms with Gasteiger partial charge in [-0.3, -0.25) is 9.69 Å². The molecule has 1 amide bonds. The molecule has 5 heteroatoms. The van der Waals surface area contributed by atoms with Gasteiger partial charge in [0, 0.05) is 11.1 Å². The van der Waals surface area contributed by atoms with Crippen LogP contribution in [0.2, 0.25) is 0 Å². The van der Waals surface area contributed by atoms with Crippen molar-refractivity contribution in [2.75, 3.05) is 4.90 Å². The van der Waals surface area contributed by atoms with Gasteiger partial charge in [0.25, 0.3) is 0 Å². The van der Waals surface area contributed by atoms with Crippen molar-refractivity contribution < 1.29 is 4.79 Å². The van der Waals surface area contributed by atoms with Gasteiger partial charge in [-0.25, -0.2) is 4.98 Å². The lowest BCUT2D eigenvalue weighted by atomic mass is 10.2. The van der Waals surface area contributed by atoms with Crippen LogP contribution in [0.25, 0.3) is 0 Å². The van der Waals surface area contributed by atoms with Crippen molar-refractivity contribution in [3.63, 3.8) is 0 Å². The Kier molecular flexibility index (Phi) is 3.33. The highest BCUT2D eigenvalue weighted by atomic mass is 32.2. The van der Waals surface area contributed by atoms with E-state index in [9.17, 15) is 4.79 Å². The number of nitrogens with zero attached hydrogens (tertiary/aromatic N) is 2. The molecule has 0 bridgehead atoms. The van der Waals surface area contributed by atoms with E-state index in [-0.39, 0.29) is 16.5 Å². The number of anilines is 1. The van der Waals surface area contributed by atoms with Crippen LogP contribution in [-0.2, 0) is 4.79 Å². The van der Waals surface area contributed by atoms with Crippen LogP contribution < -0.4 is 4.90 Å². The molecule has 1 saturated heterocycles. The molecule has 1 aliphatic heterocycles. The van der Waals surface area contributed by atoms with Gasteiger partial charge in [-0.05, 0) is 19.4 Å². The molecular formula is C14H14N2OS2. The monoisotopic (exact) mass is 290 g/mol. The summed E-state index contributed by atoms with van der Waals surface area (Å²) in [5.74, 6) is 0.146. The van der Waals surface area contributed by atoms with Crippen LogP contribution >= 0.6 is 23.1 Å². The minimum Gasteiger partial charge on any atom is -0.273 e. The molecular weight excluding hydrogens is 276 g/mol. The van der Waals surface area contributed by atoms with Crippen molar-refractivity contribution in [1.82, 2.24) is 4.98 Å². The van der Waals surface area contributed by atoms with Gasteiger partial charge in [-0.1, -0.05) is 30.3 Å². The number of aryl methyl sites for hydroxylation is 1. The van der Waals surface area contributed by atoms with Crippen molar-refractivity contribution in [3.8, 4) is 0 Å². The lowest BCUT2D eigenvalue weighted by Gasteiger charge is -2.21. The standard InChI is InChI=1S/C14H14N2OS2/c1-9-8-15-14(18-9)16-12(17)10(2)19-13(16)11-6-4-3-5-7-11/h3-8,10,13H,1-2H3. The number of benzene rings is 1. The van der Waals surface area contributed by atoms with Crippen LogP contribution in [-0.4, -0.2) is 16.1 Å². The molecule has 0 aliphatic carbocycles. The number of aromatic nitrogens is 1. The molecule has 0 N–H and O–H groups in total. The minimum absolute atomic E-state index is 0.0191. The zero-order valence-electron chi connectivity index (χ0n) is 10.7. The lowest BCUT2D eigenvalue weighted by molar-refractivity contribution is -0.117. The van der Waals surface area contributed by atoms with E-state index in [0.717, 1.165) is 15.6 Å². The van der Waals surface area contributed by atoms with E-state index in [1.165, 1.54) is 0 Å². The third-order valence-electron chi connectivity index (χ3n) is 3.05. The van der Waals surface area contributed by atoms with E-state index >= 15 is 0 Å². The van der Waals surface area contributed by atoms with E-state index in [1.807, 2.05) is 43.1 Å². The maximum Gasteiger partial charge on any atom is 0.242 e. The maximum atomic E-state index is 12.4.